The molecule has 1 N–H and O–H groups in total. The number of rotatable bonds is 3. The van der Waals surface area contributed by atoms with Gasteiger partial charge in [0, 0.05) is 11.3 Å². The number of H-pyrrole nitrogens is 1. The van der Waals surface area contributed by atoms with Gasteiger partial charge in [-0.3, -0.25) is 9.89 Å². The molecule has 5 heteroatoms. The maximum absolute atomic E-state index is 12.9. The van der Waals surface area contributed by atoms with Crippen LogP contribution in [0.15, 0.2) is 59.4 Å². The van der Waals surface area contributed by atoms with Gasteiger partial charge in [0.2, 0.25) is 0 Å². The predicted octanol–water partition coefficient (Wildman–Crippen LogP) is 1.76. The van der Waals surface area contributed by atoms with E-state index in [0.717, 1.165) is 11.1 Å². The lowest BCUT2D eigenvalue weighted by Gasteiger charge is -2.61. The summed E-state index contributed by atoms with van der Waals surface area (Å²) in [6.07, 6.45) is -2.21. The third-order valence-corrected chi connectivity index (χ3v) is 5.34. The molecular formula is C22H24N2O3-2. The standard InChI is InChI=1S/C21H20N2O3.CH4/c1-12-8-10-14(11-9-12)17-19(24)18(20(17)25)16-13(2)22-23(21(16)26)15-6-4-3-5-7-15;/h3-11,17-20,22H,1-2H3;1H4/q-2;. The van der Waals surface area contributed by atoms with Crippen LogP contribution in [0.3, 0.4) is 0 Å². The van der Waals surface area contributed by atoms with Crippen molar-refractivity contribution in [3.8, 4) is 5.69 Å². The Labute approximate surface area is 158 Å². The van der Waals surface area contributed by atoms with Gasteiger partial charge in [0.1, 0.15) is 0 Å². The summed E-state index contributed by atoms with van der Waals surface area (Å²) >= 11 is 0. The molecule has 1 fully saturated rings. The van der Waals surface area contributed by atoms with Crippen molar-refractivity contribution < 1.29 is 10.2 Å². The topological polar surface area (TPSA) is 83.9 Å². The molecule has 1 heterocycles. The molecule has 0 aliphatic heterocycles. The Morgan fingerprint density at radius 2 is 1.48 bits per heavy atom. The van der Waals surface area contributed by atoms with Crippen LogP contribution in [-0.2, 0) is 0 Å². The van der Waals surface area contributed by atoms with E-state index in [1.54, 1.807) is 19.1 Å². The molecule has 0 saturated heterocycles. The summed E-state index contributed by atoms with van der Waals surface area (Å²) in [7, 11) is 0. The molecule has 0 amide bonds. The minimum atomic E-state index is -1.10. The molecule has 0 spiro atoms. The molecule has 2 atom stereocenters. The first-order chi connectivity index (χ1) is 12.5. The van der Waals surface area contributed by atoms with E-state index in [1.807, 2.05) is 49.4 Å². The Balaban J connectivity index is 0.00000210. The Hall–Kier alpha value is -2.63. The fraction of sp³-hybridized carbons (Fsp3) is 0.318. The zero-order valence-corrected chi connectivity index (χ0v) is 14.7. The average molecular weight is 364 g/mol. The van der Waals surface area contributed by atoms with Crippen LogP contribution in [0, 0.1) is 13.8 Å². The summed E-state index contributed by atoms with van der Waals surface area (Å²) in [6.45, 7) is 3.71. The number of aryl methyl sites for hydroxylation is 2. The second-order valence-electron chi connectivity index (χ2n) is 7.02. The predicted molar refractivity (Wildman–Crippen MR) is 102 cm³/mol. The first kappa shape index (κ1) is 19.1. The molecule has 1 aliphatic rings. The number of nitrogens with one attached hydrogen (secondary N) is 1. The monoisotopic (exact) mass is 364 g/mol. The molecule has 27 heavy (non-hydrogen) atoms. The largest absolute Gasteiger partial charge is 0.851 e. The summed E-state index contributed by atoms with van der Waals surface area (Å²) in [4.78, 5) is 12.9. The van der Waals surface area contributed by atoms with Gasteiger partial charge in [-0.25, -0.2) is 4.68 Å². The Morgan fingerprint density at radius 1 is 0.889 bits per heavy atom. The number of aromatic nitrogens is 2. The van der Waals surface area contributed by atoms with Gasteiger partial charge in [-0.15, -0.1) is 12.2 Å². The fourth-order valence-corrected chi connectivity index (χ4v) is 3.88. The van der Waals surface area contributed by atoms with Crippen molar-refractivity contribution in [3.05, 3.63) is 87.3 Å². The van der Waals surface area contributed by atoms with Crippen molar-refractivity contribution in [2.75, 3.05) is 0 Å². The minimum absolute atomic E-state index is 0. The van der Waals surface area contributed by atoms with Crippen LogP contribution in [0.25, 0.3) is 5.69 Å². The van der Waals surface area contributed by atoms with Crippen LogP contribution in [0.4, 0.5) is 0 Å². The second kappa shape index (κ2) is 7.18. The SMILES string of the molecule is C.Cc1ccc(C2C([O-])C(c3c(C)[nH]n(-c4ccccc4)c3=O)C2[O-])cc1. The second-order valence-corrected chi connectivity index (χ2v) is 7.02. The van der Waals surface area contributed by atoms with Gasteiger partial charge in [0.05, 0.1) is 5.69 Å². The average Bonchev–Trinajstić information content (AvgIpc) is 2.93. The number of nitrogens with zero attached hydrogens (tertiary/aromatic N) is 1. The Morgan fingerprint density at radius 3 is 2.07 bits per heavy atom. The van der Waals surface area contributed by atoms with E-state index in [4.69, 9.17) is 0 Å². The third-order valence-electron chi connectivity index (χ3n) is 5.34. The van der Waals surface area contributed by atoms with Gasteiger partial charge in [-0.2, -0.15) is 0 Å². The van der Waals surface area contributed by atoms with Crippen molar-refractivity contribution in [3.63, 3.8) is 0 Å². The molecule has 2 unspecified atom stereocenters. The molecule has 142 valence electrons. The van der Waals surface area contributed by atoms with E-state index < -0.39 is 24.0 Å². The summed E-state index contributed by atoms with van der Waals surface area (Å²) in [5, 5.41) is 28.7. The third kappa shape index (κ3) is 3.03. The van der Waals surface area contributed by atoms with E-state index in [-0.39, 0.29) is 13.0 Å². The number of aromatic amines is 1. The van der Waals surface area contributed by atoms with Crippen molar-refractivity contribution in [2.45, 2.75) is 45.3 Å². The molecule has 2 aromatic carbocycles. The first-order valence-electron chi connectivity index (χ1n) is 8.74. The van der Waals surface area contributed by atoms with Crippen LogP contribution in [0.5, 0.6) is 0 Å². The van der Waals surface area contributed by atoms with Crippen molar-refractivity contribution in [1.29, 1.82) is 0 Å². The highest BCUT2D eigenvalue weighted by atomic mass is 16.3. The van der Waals surface area contributed by atoms with Crippen LogP contribution >= 0.6 is 0 Å². The molecule has 1 saturated carbocycles. The van der Waals surface area contributed by atoms with Crippen LogP contribution in [0.1, 0.15) is 41.6 Å². The molecule has 5 nitrogen and oxygen atoms in total. The Kier molecular flexibility index (Phi) is 5.09. The number of para-hydroxylation sites is 1. The van der Waals surface area contributed by atoms with Gasteiger partial charge < -0.3 is 10.2 Å². The zero-order chi connectivity index (χ0) is 18.4. The summed E-state index contributed by atoms with van der Waals surface area (Å²) in [5.41, 5.74) is 3.16. The lowest BCUT2D eigenvalue weighted by atomic mass is 9.63. The fourth-order valence-electron chi connectivity index (χ4n) is 3.88. The van der Waals surface area contributed by atoms with E-state index in [1.165, 1.54) is 4.68 Å². The maximum Gasteiger partial charge on any atom is 0.274 e. The lowest BCUT2D eigenvalue weighted by Crippen LogP contribution is -2.64. The van der Waals surface area contributed by atoms with Crippen molar-refractivity contribution in [1.82, 2.24) is 9.78 Å². The highest BCUT2D eigenvalue weighted by Gasteiger charge is 2.41. The summed E-state index contributed by atoms with van der Waals surface area (Å²) < 4.78 is 1.41. The molecule has 4 rings (SSSR count). The number of benzene rings is 2. The molecule has 1 aliphatic carbocycles. The van der Waals surface area contributed by atoms with Gasteiger partial charge in [0.15, 0.2) is 0 Å². The maximum atomic E-state index is 12.9. The molecular weight excluding hydrogens is 340 g/mol. The normalized spacial score (nSPS) is 24.1. The summed E-state index contributed by atoms with van der Waals surface area (Å²) in [5.74, 6) is -1.41. The van der Waals surface area contributed by atoms with Gasteiger partial charge in [0.25, 0.3) is 5.56 Å². The molecule has 3 aromatic rings. The van der Waals surface area contributed by atoms with E-state index in [9.17, 15) is 15.0 Å². The highest BCUT2D eigenvalue weighted by Crippen LogP contribution is 2.45. The van der Waals surface area contributed by atoms with Crippen molar-refractivity contribution >= 4 is 0 Å². The van der Waals surface area contributed by atoms with Crippen molar-refractivity contribution in [2.24, 2.45) is 0 Å². The summed E-state index contributed by atoms with van der Waals surface area (Å²) in [6, 6.07) is 16.7. The van der Waals surface area contributed by atoms with E-state index >= 15 is 0 Å². The van der Waals surface area contributed by atoms with E-state index in [0.29, 0.717) is 16.9 Å². The minimum Gasteiger partial charge on any atom is -0.851 e. The van der Waals surface area contributed by atoms with Gasteiger partial charge >= 0.3 is 0 Å². The van der Waals surface area contributed by atoms with Crippen LogP contribution in [-0.4, -0.2) is 22.0 Å². The molecule has 0 radical (unpaired) electrons. The Bertz CT molecular complexity index is 963. The van der Waals surface area contributed by atoms with Crippen LogP contribution < -0.4 is 15.8 Å². The smallest absolute Gasteiger partial charge is 0.274 e. The van der Waals surface area contributed by atoms with Gasteiger partial charge in [-0.05, 0) is 43.4 Å². The van der Waals surface area contributed by atoms with Crippen LogP contribution in [0.2, 0.25) is 0 Å². The van der Waals surface area contributed by atoms with E-state index in [2.05, 4.69) is 5.10 Å². The number of hydrogen-bond acceptors (Lipinski definition) is 3. The highest BCUT2D eigenvalue weighted by molar-refractivity contribution is 5.39. The zero-order valence-electron chi connectivity index (χ0n) is 14.7. The lowest BCUT2D eigenvalue weighted by molar-refractivity contribution is -0.536. The quantitative estimate of drug-likeness (QED) is 0.768. The molecule has 0 bridgehead atoms. The van der Waals surface area contributed by atoms with Gasteiger partial charge in [-0.1, -0.05) is 55.5 Å². The first-order valence-corrected chi connectivity index (χ1v) is 8.74. The number of hydrogen-bond donors (Lipinski definition) is 1. The molecule has 1 aromatic heterocycles.